The van der Waals surface area contributed by atoms with E-state index in [0.29, 0.717) is 27.4 Å². The highest BCUT2D eigenvalue weighted by atomic mass is 35.5. The fourth-order valence-corrected chi connectivity index (χ4v) is 6.13. The summed E-state index contributed by atoms with van der Waals surface area (Å²) in [4.78, 5) is 39.8. The van der Waals surface area contributed by atoms with Crippen LogP contribution in [0.25, 0.3) is 16.9 Å². The molecule has 0 spiro atoms. The second-order valence-electron chi connectivity index (χ2n) is 9.96. The molecular formula is C27H25ClN2O7. The lowest BCUT2D eigenvalue weighted by molar-refractivity contribution is -0.147. The van der Waals surface area contributed by atoms with Gasteiger partial charge in [0.15, 0.2) is 11.4 Å². The van der Waals surface area contributed by atoms with Crippen LogP contribution in [-0.4, -0.2) is 57.6 Å². The first-order valence-corrected chi connectivity index (χ1v) is 12.0. The molecule has 1 fully saturated rings. The van der Waals surface area contributed by atoms with Crippen LogP contribution in [0, 0.1) is 11.8 Å². The van der Waals surface area contributed by atoms with E-state index in [2.05, 4.69) is 0 Å². The largest absolute Gasteiger partial charge is 0.508 e. The number of carbonyl (C=O) groups is 3. The van der Waals surface area contributed by atoms with Gasteiger partial charge in [0.25, 0.3) is 5.91 Å². The fraction of sp³-hybridized carbons (Fsp3) is 0.296. The Kier molecular flexibility index (Phi) is 5.61. The molecule has 0 radical (unpaired) electrons. The minimum Gasteiger partial charge on any atom is -0.508 e. The number of nitrogens with two attached hydrogens (primary N) is 1. The lowest BCUT2D eigenvalue weighted by Gasteiger charge is -2.46. The predicted octanol–water partition coefficient (Wildman–Crippen LogP) is 2.81. The fourth-order valence-electron chi connectivity index (χ4n) is 5.94. The molecule has 2 aromatic rings. The Bertz CT molecular complexity index is 1480. The summed E-state index contributed by atoms with van der Waals surface area (Å²) < 4.78 is 0. The summed E-state index contributed by atoms with van der Waals surface area (Å²) in [5, 5.41) is 45.3. The van der Waals surface area contributed by atoms with E-state index in [0.717, 1.165) is 0 Å². The van der Waals surface area contributed by atoms with E-state index in [9.17, 15) is 34.8 Å². The van der Waals surface area contributed by atoms with Crippen molar-refractivity contribution >= 4 is 40.5 Å². The van der Waals surface area contributed by atoms with Crippen LogP contribution < -0.4 is 10.6 Å². The highest BCUT2D eigenvalue weighted by molar-refractivity contribution is 6.30. The zero-order chi connectivity index (χ0) is 27.0. The van der Waals surface area contributed by atoms with Gasteiger partial charge >= 0.3 is 0 Å². The maximum Gasteiger partial charge on any atom is 0.255 e. The number of aliphatic hydroxyl groups excluding tert-OH is 2. The SMILES string of the molecule is CN(C)c1cc(-c2cccc(Cl)c2)c(O)c2c1C[C@H]1C[C@H]3CC(=O)C(C(N)=O)=C(O)[C@@]3(O)C(=O)C1=C2O. The molecule has 3 aliphatic carbocycles. The molecule has 0 aliphatic heterocycles. The number of anilines is 1. The Morgan fingerprint density at radius 1 is 1.14 bits per heavy atom. The van der Waals surface area contributed by atoms with E-state index < -0.39 is 52.0 Å². The average molecular weight is 525 g/mol. The van der Waals surface area contributed by atoms with Gasteiger partial charge in [0.2, 0.25) is 5.78 Å². The first kappa shape index (κ1) is 24.9. The van der Waals surface area contributed by atoms with E-state index in [1.165, 1.54) is 0 Å². The van der Waals surface area contributed by atoms with Gasteiger partial charge in [0, 0.05) is 48.3 Å². The summed E-state index contributed by atoms with van der Waals surface area (Å²) in [6, 6.07) is 8.58. The third kappa shape index (κ3) is 3.45. The first-order chi connectivity index (χ1) is 17.4. The summed E-state index contributed by atoms with van der Waals surface area (Å²) in [7, 11) is 3.62. The van der Waals surface area contributed by atoms with Crippen LogP contribution in [0.5, 0.6) is 5.75 Å². The molecule has 0 aromatic heterocycles. The van der Waals surface area contributed by atoms with Crippen molar-refractivity contribution in [2.75, 3.05) is 19.0 Å². The maximum atomic E-state index is 13.7. The molecule has 0 saturated heterocycles. The van der Waals surface area contributed by atoms with Crippen molar-refractivity contribution in [3.63, 3.8) is 0 Å². The topological polar surface area (TPSA) is 161 Å². The zero-order valence-corrected chi connectivity index (χ0v) is 20.8. The number of rotatable bonds is 3. The highest BCUT2D eigenvalue weighted by Gasteiger charge is 2.60. The number of carbonyl (C=O) groups excluding carboxylic acids is 3. The van der Waals surface area contributed by atoms with Crippen molar-refractivity contribution in [3.8, 4) is 16.9 Å². The number of phenols is 1. The van der Waals surface area contributed by atoms with Crippen molar-refractivity contribution in [2.24, 2.45) is 17.6 Å². The van der Waals surface area contributed by atoms with Gasteiger partial charge in [0.1, 0.15) is 22.8 Å². The normalized spacial score (nSPS) is 25.0. The summed E-state index contributed by atoms with van der Waals surface area (Å²) >= 11 is 6.16. The van der Waals surface area contributed by atoms with Crippen molar-refractivity contribution in [2.45, 2.75) is 24.9 Å². The molecule has 10 heteroatoms. The molecule has 5 rings (SSSR count). The number of aromatic hydroxyl groups is 1. The van der Waals surface area contributed by atoms with Gasteiger partial charge in [-0.2, -0.15) is 0 Å². The van der Waals surface area contributed by atoms with Gasteiger partial charge in [-0.25, -0.2) is 0 Å². The van der Waals surface area contributed by atoms with E-state index in [1.54, 1.807) is 30.3 Å². The Hall–Kier alpha value is -3.82. The number of hydrogen-bond acceptors (Lipinski definition) is 8. The minimum absolute atomic E-state index is 0.0355. The molecule has 0 unspecified atom stereocenters. The van der Waals surface area contributed by atoms with Gasteiger partial charge in [-0.1, -0.05) is 23.7 Å². The molecule has 192 valence electrons. The van der Waals surface area contributed by atoms with Crippen LogP contribution in [0.1, 0.15) is 24.0 Å². The Morgan fingerprint density at radius 2 is 1.84 bits per heavy atom. The molecule has 37 heavy (non-hydrogen) atoms. The Labute approximate surface area is 217 Å². The molecule has 2 aromatic carbocycles. The van der Waals surface area contributed by atoms with E-state index >= 15 is 0 Å². The van der Waals surface area contributed by atoms with Crippen molar-refractivity contribution in [3.05, 3.63) is 63.4 Å². The van der Waals surface area contributed by atoms with Crippen LogP contribution in [-0.2, 0) is 20.8 Å². The van der Waals surface area contributed by atoms with Gasteiger partial charge in [-0.05, 0) is 48.1 Å². The summed E-state index contributed by atoms with van der Waals surface area (Å²) in [5.74, 6) is -6.55. The minimum atomic E-state index is -2.60. The average Bonchev–Trinajstić information content (AvgIpc) is 2.81. The van der Waals surface area contributed by atoms with Gasteiger partial charge in [-0.3, -0.25) is 14.4 Å². The van der Waals surface area contributed by atoms with Crippen molar-refractivity contribution in [1.82, 2.24) is 0 Å². The lowest BCUT2D eigenvalue weighted by atomic mass is 9.59. The second-order valence-corrected chi connectivity index (χ2v) is 10.4. The number of primary amides is 1. The number of nitrogens with zero attached hydrogens (tertiary/aromatic N) is 1. The van der Waals surface area contributed by atoms with E-state index in [1.807, 2.05) is 19.0 Å². The summed E-state index contributed by atoms with van der Waals surface area (Å²) in [6.07, 6.45) is -0.0562. The van der Waals surface area contributed by atoms with Gasteiger partial charge in [-0.15, -0.1) is 0 Å². The van der Waals surface area contributed by atoms with Crippen LogP contribution in [0.2, 0.25) is 5.02 Å². The summed E-state index contributed by atoms with van der Waals surface area (Å²) in [6.45, 7) is 0. The molecule has 6 N–H and O–H groups in total. The quantitative estimate of drug-likeness (QED) is 0.383. The number of hydrogen-bond donors (Lipinski definition) is 5. The van der Waals surface area contributed by atoms with Crippen LogP contribution >= 0.6 is 11.6 Å². The van der Waals surface area contributed by atoms with E-state index in [-0.39, 0.29) is 36.1 Å². The predicted molar refractivity (Wildman–Crippen MR) is 136 cm³/mol. The Balaban J connectivity index is 1.76. The van der Waals surface area contributed by atoms with E-state index in [4.69, 9.17) is 17.3 Å². The zero-order valence-electron chi connectivity index (χ0n) is 20.1. The molecular weight excluding hydrogens is 500 g/mol. The number of aliphatic hydroxyl groups is 3. The highest BCUT2D eigenvalue weighted by Crippen LogP contribution is 2.54. The molecule has 0 heterocycles. The molecule has 3 aliphatic rings. The first-order valence-electron chi connectivity index (χ1n) is 11.7. The lowest BCUT2D eigenvalue weighted by Crippen LogP contribution is -2.58. The smallest absolute Gasteiger partial charge is 0.255 e. The summed E-state index contributed by atoms with van der Waals surface area (Å²) in [5.41, 5.74) is 3.92. The number of benzene rings is 2. The molecule has 0 bridgehead atoms. The monoisotopic (exact) mass is 524 g/mol. The molecule has 1 saturated carbocycles. The number of fused-ring (bicyclic) bond motifs is 3. The second kappa shape index (κ2) is 8.36. The Morgan fingerprint density at radius 3 is 2.46 bits per heavy atom. The third-order valence-electron chi connectivity index (χ3n) is 7.66. The number of halogens is 1. The molecule has 9 nitrogen and oxygen atoms in total. The number of Topliss-reactive ketones (excluding diaryl/α,β-unsaturated/α-hetero) is 2. The van der Waals surface area contributed by atoms with Crippen LogP contribution in [0.3, 0.4) is 0 Å². The number of ketones is 2. The third-order valence-corrected chi connectivity index (χ3v) is 7.89. The molecule has 1 amide bonds. The van der Waals surface area contributed by atoms with Gasteiger partial charge < -0.3 is 31.1 Å². The van der Waals surface area contributed by atoms with Crippen LogP contribution in [0.15, 0.2) is 47.2 Å². The van der Waals surface area contributed by atoms with Gasteiger partial charge in [0.05, 0.1) is 5.56 Å². The maximum absolute atomic E-state index is 13.7. The van der Waals surface area contributed by atoms with Crippen molar-refractivity contribution in [1.29, 1.82) is 0 Å². The number of amides is 1. The molecule has 3 atom stereocenters. The van der Waals surface area contributed by atoms with Crippen LogP contribution in [0.4, 0.5) is 5.69 Å². The van der Waals surface area contributed by atoms with Crippen molar-refractivity contribution < 1.29 is 34.8 Å². The number of phenolic OH excluding ortho intramolecular Hbond substituents is 1. The standard InChI is InChI=1S/C27H25ClN2O7/c1-30(2)17-10-15(11-4-3-5-14(28)7-11)22(32)20-16(17)8-12-6-13-9-18(31)21(26(29)36)25(35)27(13,37)24(34)19(12)23(20)33/h3-5,7,10,12-13,32-33,35,37H,6,8-9H2,1-2H3,(H2,29,36)/t12-,13+,27+/m1/s1.